The highest BCUT2D eigenvalue weighted by molar-refractivity contribution is 5.94. The van der Waals surface area contributed by atoms with Crippen molar-refractivity contribution in [2.24, 2.45) is 0 Å². The molecule has 0 radical (unpaired) electrons. The zero-order valence-corrected chi connectivity index (χ0v) is 14.2. The van der Waals surface area contributed by atoms with E-state index in [9.17, 15) is 4.79 Å². The number of imidazole rings is 1. The molecule has 1 aliphatic heterocycles. The number of carbonyl (C=O) groups excluding carboxylic acids is 1. The topological polar surface area (TPSA) is 51.0 Å². The molecule has 1 unspecified atom stereocenters. The number of hydrogen-bond acceptors (Lipinski definition) is 3. The van der Waals surface area contributed by atoms with Crippen LogP contribution in [-0.2, 0) is 0 Å². The lowest BCUT2D eigenvalue weighted by Gasteiger charge is -2.25. The molecular formula is C20H20N4O. The van der Waals surface area contributed by atoms with Crippen molar-refractivity contribution in [3.8, 4) is 5.82 Å². The van der Waals surface area contributed by atoms with E-state index in [2.05, 4.69) is 4.98 Å². The molecule has 0 aliphatic carbocycles. The molecule has 0 N–H and O–H groups in total. The molecular weight excluding hydrogens is 312 g/mol. The van der Waals surface area contributed by atoms with Crippen LogP contribution >= 0.6 is 0 Å². The first kappa shape index (κ1) is 15.6. The van der Waals surface area contributed by atoms with Crippen LogP contribution in [0, 0.1) is 6.92 Å². The predicted molar refractivity (Wildman–Crippen MR) is 95.5 cm³/mol. The van der Waals surface area contributed by atoms with E-state index in [1.165, 1.54) is 0 Å². The molecule has 0 bridgehead atoms. The fraction of sp³-hybridized carbons (Fsp3) is 0.250. The van der Waals surface area contributed by atoms with Crippen molar-refractivity contribution in [3.05, 3.63) is 78.0 Å². The van der Waals surface area contributed by atoms with Gasteiger partial charge in [-0.25, -0.2) is 9.97 Å². The maximum Gasteiger partial charge on any atom is 0.254 e. The summed E-state index contributed by atoms with van der Waals surface area (Å²) in [6.45, 7) is 2.73. The van der Waals surface area contributed by atoms with Gasteiger partial charge in [0.15, 0.2) is 0 Å². The van der Waals surface area contributed by atoms with E-state index in [0.717, 1.165) is 42.3 Å². The summed E-state index contributed by atoms with van der Waals surface area (Å²) in [6, 6.07) is 15.5. The third kappa shape index (κ3) is 2.93. The van der Waals surface area contributed by atoms with Crippen molar-refractivity contribution < 1.29 is 4.79 Å². The van der Waals surface area contributed by atoms with Crippen molar-refractivity contribution >= 4 is 5.91 Å². The van der Waals surface area contributed by atoms with E-state index in [-0.39, 0.29) is 11.9 Å². The maximum atomic E-state index is 12.9. The Morgan fingerprint density at radius 1 is 1.12 bits per heavy atom. The molecule has 0 saturated carbocycles. The standard InChI is InChI=1S/C20H20N4O/c1-15-21-12-14-23(15)19-11-5-9-17(22-19)18-10-6-13-24(18)20(25)16-7-3-2-4-8-16/h2-5,7-9,11-12,14,18H,6,10,13H2,1H3. The minimum Gasteiger partial charge on any atom is -0.330 e. The molecule has 3 heterocycles. The molecule has 0 spiro atoms. The third-order valence-electron chi connectivity index (χ3n) is 4.70. The Bertz CT molecular complexity index is 887. The molecule has 1 fully saturated rings. The number of rotatable bonds is 3. The van der Waals surface area contributed by atoms with Crippen LogP contribution in [0.1, 0.15) is 40.8 Å². The Balaban J connectivity index is 1.65. The molecule has 1 aliphatic rings. The lowest BCUT2D eigenvalue weighted by molar-refractivity contribution is 0.0733. The number of benzene rings is 1. The first-order valence-corrected chi connectivity index (χ1v) is 8.57. The average molecular weight is 332 g/mol. The lowest BCUT2D eigenvalue weighted by Crippen LogP contribution is -2.31. The number of likely N-dealkylation sites (tertiary alicyclic amines) is 1. The highest BCUT2D eigenvalue weighted by Gasteiger charge is 2.31. The van der Waals surface area contributed by atoms with Crippen LogP contribution in [0.2, 0.25) is 0 Å². The lowest BCUT2D eigenvalue weighted by atomic mass is 10.1. The van der Waals surface area contributed by atoms with Gasteiger partial charge in [0.05, 0.1) is 11.7 Å². The van der Waals surface area contributed by atoms with E-state index in [4.69, 9.17) is 4.98 Å². The van der Waals surface area contributed by atoms with Gasteiger partial charge in [-0.15, -0.1) is 0 Å². The zero-order valence-electron chi connectivity index (χ0n) is 14.2. The van der Waals surface area contributed by atoms with E-state index in [1.807, 2.05) is 71.1 Å². The Morgan fingerprint density at radius 3 is 2.72 bits per heavy atom. The Labute approximate surface area is 147 Å². The fourth-order valence-corrected chi connectivity index (χ4v) is 3.44. The van der Waals surface area contributed by atoms with Crippen LogP contribution in [0.5, 0.6) is 0 Å². The maximum absolute atomic E-state index is 12.9. The number of pyridine rings is 1. The monoisotopic (exact) mass is 332 g/mol. The van der Waals surface area contributed by atoms with Crippen molar-refractivity contribution in [3.63, 3.8) is 0 Å². The van der Waals surface area contributed by atoms with Gasteiger partial charge in [0.25, 0.3) is 5.91 Å². The second kappa shape index (κ2) is 6.51. The Kier molecular flexibility index (Phi) is 4.06. The van der Waals surface area contributed by atoms with E-state index in [0.29, 0.717) is 0 Å². The quantitative estimate of drug-likeness (QED) is 0.737. The molecule has 1 atom stereocenters. The first-order chi connectivity index (χ1) is 12.2. The van der Waals surface area contributed by atoms with Gasteiger partial charge < -0.3 is 4.90 Å². The van der Waals surface area contributed by atoms with Gasteiger partial charge in [0, 0.05) is 24.5 Å². The fourth-order valence-electron chi connectivity index (χ4n) is 3.44. The molecule has 5 heteroatoms. The summed E-state index contributed by atoms with van der Waals surface area (Å²) in [5.41, 5.74) is 1.67. The summed E-state index contributed by atoms with van der Waals surface area (Å²) in [4.78, 5) is 23.9. The van der Waals surface area contributed by atoms with Gasteiger partial charge >= 0.3 is 0 Å². The molecule has 1 aromatic carbocycles. The summed E-state index contributed by atoms with van der Waals surface area (Å²) in [7, 11) is 0. The minimum absolute atomic E-state index is 0.0245. The first-order valence-electron chi connectivity index (χ1n) is 8.57. The smallest absolute Gasteiger partial charge is 0.254 e. The minimum atomic E-state index is 0.0245. The number of amides is 1. The summed E-state index contributed by atoms with van der Waals surface area (Å²) in [5, 5.41) is 0. The highest BCUT2D eigenvalue weighted by Crippen LogP contribution is 2.32. The largest absolute Gasteiger partial charge is 0.330 e. The van der Waals surface area contributed by atoms with Gasteiger partial charge in [-0.1, -0.05) is 24.3 Å². The van der Waals surface area contributed by atoms with Crippen LogP contribution in [0.4, 0.5) is 0 Å². The van der Waals surface area contributed by atoms with Gasteiger partial charge in [0.2, 0.25) is 0 Å². The second-order valence-electron chi connectivity index (χ2n) is 6.29. The highest BCUT2D eigenvalue weighted by atomic mass is 16.2. The average Bonchev–Trinajstić information content (AvgIpc) is 3.31. The van der Waals surface area contributed by atoms with Crippen molar-refractivity contribution in [2.45, 2.75) is 25.8 Å². The molecule has 1 amide bonds. The van der Waals surface area contributed by atoms with Gasteiger partial charge in [0.1, 0.15) is 11.6 Å². The van der Waals surface area contributed by atoms with Crippen LogP contribution in [0.25, 0.3) is 5.82 Å². The van der Waals surface area contributed by atoms with Crippen LogP contribution in [0.15, 0.2) is 60.9 Å². The number of aryl methyl sites for hydroxylation is 1. The Morgan fingerprint density at radius 2 is 1.96 bits per heavy atom. The second-order valence-corrected chi connectivity index (χ2v) is 6.29. The number of hydrogen-bond donors (Lipinski definition) is 0. The summed E-state index contributed by atoms with van der Waals surface area (Å²) in [5.74, 6) is 1.81. The predicted octanol–water partition coefficient (Wildman–Crippen LogP) is 3.55. The Hall–Kier alpha value is -2.95. The summed E-state index contributed by atoms with van der Waals surface area (Å²) in [6.07, 6.45) is 5.62. The molecule has 4 rings (SSSR count). The molecule has 5 nitrogen and oxygen atoms in total. The van der Waals surface area contributed by atoms with Crippen molar-refractivity contribution in [1.29, 1.82) is 0 Å². The number of aromatic nitrogens is 3. The normalized spacial score (nSPS) is 17.0. The number of nitrogens with zero attached hydrogens (tertiary/aromatic N) is 4. The number of carbonyl (C=O) groups is 1. The van der Waals surface area contributed by atoms with E-state index < -0.39 is 0 Å². The molecule has 126 valence electrons. The third-order valence-corrected chi connectivity index (χ3v) is 4.70. The molecule has 25 heavy (non-hydrogen) atoms. The van der Waals surface area contributed by atoms with Gasteiger partial charge in [-0.2, -0.15) is 0 Å². The molecule has 2 aromatic heterocycles. The molecule has 3 aromatic rings. The van der Waals surface area contributed by atoms with Crippen LogP contribution in [-0.4, -0.2) is 31.9 Å². The van der Waals surface area contributed by atoms with Gasteiger partial charge in [-0.3, -0.25) is 9.36 Å². The van der Waals surface area contributed by atoms with E-state index >= 15 is 0 Å². The van der Waals surface area contributed by atoms with Crippen LogP contribution < -0.4 is 0 Å². The molecule has 1 saturated heterocycles. The van der Waals surface area contributed by atoms with E-state index in [1.54, 1.807) is 6.20 Å². The van der Waals surface area contributed by atoms with Gasteiger partial charge in [-0.05, 0) is 44.0 Å². The zero-order chi connectivity index (χ0) is 17.2. The SMILES string of the molecule is Cc1nccn1-c1cccc(C2CCCN2C(=O)c2ccccc2)n1. The summed E-state index contributed by atoms with van der Waals surface area (Å²) < 4.78 is 1.96. The summed E-state index contributed by atoms with van der Waals surface area (Å²) >= 11 is 0. The van der Waals surface area contributed by atoms with Crippen molar-refractivity contribution in [1.82, 2.24) is 19.4 Å². The van der Waals surface area contributed by atoms with Crippen molar-refractivity contribution in [2.75, 3.05) is 6.54 Å². The van der Waals surface area contributed by atoms with Crippen LogP contribution in [0.3, 0.4) is 0 Å².